The van der Waals surface area contributed by atoms with E-state index >= 15 is 0 Å². The summed E-state index contributed by atoms with van der Waals surface area (Å²) in [4.78, 5) is 38.3. The lowest BCUT2D eigenvalue weighted by Gasteiger charge is -2.27. The molecule has 218 valence electrons. The molecule has 1 fully saturated rings. The number of carbonyl (C=O) groups is 2. The molecule has 2 aromatic carbocycles. The van der Waals surface area contributed by atoms with Crippen molar-refractivity contribution in [3.8, 4) is 5.88 Å². The van der Waals surface area contributed by atoms with Gasteiger partial charge in [0.2, 0.25) is 11.8 Å². The molecular weight excluding hydrogens is 612 g/mol. The van der Waals surface area contributed by atoms with Crippen molar-refractivity contribution in [2.45, 2.75) is 39.7 Å². The van der Waals surface area contributed by atoms with Gasteiger partial charge in [0.05, 0.1) is 17.8 Å². The van der Waals surface area contributed by atoms with E-state index in [2.05, 4.69) is 47.5 Å². The number of hydrogen-bond acceptors (Lipinski definition) is 8. The maximum absolute atomic E-state index is 12.9. The highest BCUT2D eigenvalue weighted by Gasteiger charge is 2.25. The van der Waals surface area contributed by atoms with Gasteiger partial charge in [-0.05, 0) is 85.9 Å². The Balaban J connectivity index is 1.43. The van der Waals surface area contributed by atoms with Gasteiger partial charge < -0.3 is 29.9 Å². The van der Waals surface area contributed by atoms with Crippen LogP contribution >= 0.6 is 27.5 Å². The van der Waals surface area contributed by atoms with E-state index in [-0.39, 0.29) is 23.5 Å². The molecule has 12 heteroatoms. The van der Waals surface area contributed by atoms with Gasteiger partial charge in [-0.15, -0.1) is 0 Å². The number of nitrogens with zero attached hydrogens (tertiary/aromatic N) is 4. The van der Waals surface area contributed by atoms with Crippen LogP contribution in [-0.4, -0.2) is 65.8 Å². The third-order valence-electron chi connectivity index (χ3n) is 6.36. The Hall–Kier alpha value is -3.57. The first-order valence-electron chi connectivity index (χ1n) is 13.2. The second-order valence-corrected chi connectivity index (χ2v) is 11.9. The van der Waals surface area contributed by atoms with Crippen LogP contribution in [0.4, 0.5) is 27.8 Å². The normalized spacial score (nSPS) is 13.8. The molecule has 41 heavy (non-hydrogen) atoms. The highest BCUT2D eigenvalue weighted by molar-refractivity contribution is 9.10. The van der Waals surface area contributed by atoms with E-state index in [1.165, 1.54) is 13.3 Å². The van der Waals surface area contributed by atoms with Crippen molar-refractivity contribution in [2.24, 2.45) is 0 Å². The molecule has 1 saturated heterocycles. The Kier molecular flexibility index (Phi) is 9.60. The van der Waals surface area contributed by atoms with Gasteiger partial charge in [0.1, 0.15) is 11.2 Å². The minimum absolute atomic E-state index is 0.122. The van der Waals surface area contributed by atoms with E-state index in [1.54, 1.807) is 23.1 Å². The largest absolute Gasteiger partial charge is 0.480 e. The van der Waals surface area contributed by atoms with E-state index in [0.717, 1.165) is 29.9 Å². The van der Waals surface area contributed by atoms with Gasteiger partial charge in [-0.25, -0.2) is 9.78 Å². The summed E-state index contributed by atoms with van der Waals surface area (Å²) in [7, 11) is 1.44. The van der Waals surface area contributed by atoms with Crippen molar-refractivity contribution >= 4 is 62.5 Å². The van der Waals surface area contributed by atoms with Crippen LogP contribution in [0.3, 0.4) is 0 Å². The Labute approximate surface area is 253 Å². The third-order valence-corrected chi connectivity index (χ3v) is 7.34. The Morgan fingerprint density at radius 1 is 1.10 bits per heavy atom. The average Bonchev–Trinajstić information content (AvgIpc) is 3.17. The number of hydrogen-bond donors (Lipinski definition) is 2. The predicted octanol–water partition coefficient (Wildman–Crippen LogP) is 6.65. The summed E-state index contributed by atoms with van der Waals surface area (Å²) in [6.45, 7) is 10.4. The summed E-state index contributed by atoms with van der Waals surface area (Å²) in [5.41, 5.74) is 2.97. The summed E-state index contributed by atoms with van der Waals surface area (Å²) in [6, 6.07) is 11.3. The maximum atomic E-state index is 12.9. The molecule has 2 N–H and O–H groups in total. The first-order valence-corrected chi connectivity index (χ1v) is 14.4. The number of carbonyl (C=O) groups excluding carboxylic acids is 2. The quantitative estimate of drug-likeness (QED) is 0.307. The molecule has 10 nitrogen and oxygen atoms in total. The molecule has 0 spiro atoms. The molecule has 0 atom stereocenters. The van der Waals surface area contributed by atoms with Gasteiger partial charge in [-0.2, -0.15) is 4.98 Å². The van der Waals surface area contributed by atoms with Gasteiger partial charge in [-0.1, -0.05) is 17.7 Å². The number of rotatable bonds is 6. The fourth-order valence-corrected chi connectivity index (χ4v) is 5.13. The summed E-state index contributed by atoms with van der Waals surface area (Å²) in [5.74, 6) is -0.0436. The molecule has 0 saturated carbocycles. The summed E-state index contributed by atoms with van der Waals surface area (Å²) >= 11 is 9.63. The number of nitrogens with one attached hydrogen (secondary N) is 2. The fraction of sp³-hybridized carbons (Fsp3) is 0.379. The van der Waals surface area contributed by atoms with Crippen LogP contribution in [0.1, 0.15) is 43.1 Å². The Morgan fingerprint density at radius 3 is 2.56 bits per heavy atom. The van der Waals surface area contributed by atoms with E-state index in [0.29, 0.717) is 34.8 Å². The van der Waals surface area contributed by atoms with Crippen LogP contribution < -0.4 is 20.3 Å². The Morgan fingerprint density at radius 2 is 1.88 bits per heavy atom. The van der Waals surface area contributed by atoms with Crippen LogP contribution in [-0.2, 0) is 4.74 Å². The molecule has 3 aromatic rings. The average molecular weight is 646 g/mol. The first kappa shape index (κ1) is 30.4. The lowest BCUT2D eigenvalue weighted by atomic mass is 10.1. The van der Waals surface area contributed by atoms with Gasteiger partial charge in [0, 0.05) is 48.2 Å². The molecule has 1 aliphatic heterocycles. The summed E-state index contributed by atoms with van der Waals surface area (Å²) < 4.78 is 11.6. The number of aryl methyl sites for hydroxylation is 1. The molecule has 1 aromatic heterocycles. The second-order valence-electron chi connectivity index (χ2n) is 10.6. The lowest BCUT2D eigenvalue weighted by molar-refractivity contribution is 0.0263. The summed E-state index contributed by atoms with van der Waals surface area (Å²) in [6.07, 6.45) is 1.98. The smallest absolute Gasteiger partial charge is 0.410 e. The van der Waals surface area contributed by atoms with Crippen LogP contribution in [0.5, 0.6) is 5.88 Å². The molecule has 0 aliphatic carbocycles. The zero-order valence-electron chi connectivity index (χ0n) is 23.8. The Bertz CT molecular complexity index is 1410. The van der Waals surface area contributed by atoms with Crippen LogP contribution in [0.15, 0.2) is 47.1 Å². The van der Waals surface area contributed by atoms with Crippen LogP contribution in [0.2, 0.25) is 5.02 Å². The molecule has 2 heterocycles. The zero-order valence-corrected chi connectivity index (χ0v) is 26.1. The number of para-hydroxylation sites is 1. The minimum Gasteiger partial charge on any atom is -0.480 e. The van der Waals surface area contributed by atoms with Crippen molar-refractivity contribution in [1.82, 2.24) is 14.9 Å². The number of amides is 2. The van der Waals surface area contributed by atoms with E-state index in [9.17, 15) is 9.59 Å². The molecule has 0 radical (unpaired) electrons. The minimum atomic E-state index is -0.517. The molecule has 0 bridgehead atoms. The molecule has 2 amide bonds. The van der Waals surface area contributed by atoms with E-state index in [4.69, 9.17) is 21.1 Å². The van der Waals surface area contributed by atoms with Crippen molar-refractivity contribution in [3.05, 3.63) is 63.2 Å². The van der Waals surface area contributed by atoms with Gasteiger partial charge in [0.25, 0.3) is 5.91 Å². The van der Waals surface area contributed by atoms with Gasteiger partial charge >= 0.3 is 6.09 Å². The van der Waals surface area contributed by atoms with Crippen molar-refractivity contribution in [3.63, 3.8) is 0 Å². The standard InChI is InChI=1S/C29H34BrClN6O4/c1-18-16-19(36-12-7-13-37(15-14-36)28(39)41-29(2,3)4)10-11-23(18)33-27-32-17-20(26(35-27)40-5)25(38)34-24-21(30)8-6-9-22(24)31/h6,8-11,16-17H,7,12-15H2,1-5H3,(H,34,38)(H,32,33,35). The SMILES string of the molecule is COc1nc(Nc2ccc(N3CCCN(C(=O)OC(C)(C)C)CC3)cc2C)ncc1C(=O)Nc1c(Cl)cccc1Br. The van der Waals surface area contributed by atoms with Crippen molar-refractivity contribution < 1.29 is 19.1 Å². The fourth-order valence-electron chi connectivity index (χ4n) is 4.33. The molecule has 0 unspecified atom stereocenters. The number of methoxy groups -OCH3 is 1. The highest BCUT2D eigenvalue weighted by Crippen LogP contribution is 2.32. The van der Waals surface area contributed by atoms with E-state index < -0.39 is 11.5 Å². The topological polar surface area (TPSA) is 109 Å². The molecule has 1 aliphatic rings. The van der Waals surface area contributed by atoms with Gasteiger partial charge in [0.15, 0.2) is 0 Å². The third kappa shape index (κ3) is 7.80. The van der Waals surface area contributed by atoms with Crippen molar-refractivity contribution in [1.29, 1.82) is 0 Å². The van der Waals surface area contributed by atoms with Gasteiger partial charge in [-0.3, -0.25) is 4.79 Å². The van der Waals surface area contributed by atoms with Crippen molar-refractivity contribution in [2.75, 3.05) is 48.8 Å². The molecule has 4 rings (SSSR count). The summed E-state index contributed by atoms with van der Waals surface area (Å²) in [5, 5.41) is 6.39. The number of benzene rings is 2. The lowest BCUT2D eigenvalue weighted by Crippen LogP contribution is -2.39. The van der Waals surface area contributed by atoms with E-state index in [1.807, 2.05) is 39.8 Å². The predicted molar refractivity (Wildman–Crippen MR) is 165 cm³/mol. The first-order chi connectivity index (χ1) is 19.4. The second kappa shape index (κ2) is 12.9. The number of ether oxygens (including phenoxy) is 2. The number of anilines is 4. The number of halogens is 2. The zero-order chi connectivity index (χ0) is 29.7. The monoisotopic (exact) mass is 644 g/mol. The number of aromatic nitrogens is 2. The van der Waals surface area contributed by atoms with Crippen LogP contribution in [0.25, 0.3) is 0 Å². The highest BCUT2D eigenvalue weighted by atomic mass is 79.9. The maximum Gasteiger partial charge on any atom is 0.410 e. The molecular formula is C29H34BrClN6O4. The van der Waals surface area contributed by atoms with Crippen LogP contribution in [0, 0.1) is 6.92 Å².